The first-order chi connectivity index (χ1) is 12.0. The van der Waals surface area contributed by atoms with Crippen molar-refractivity contribution in [2.45, 2.75) is 23.5 Å². The van der Waals surface area contributed by atoms with Crippen LogP contribution in [0.25, 0.3) is 0 Å². The third-order valence-corrected chi connectivity index (χ3v) is 4.99. The number of Topliss-reactive ketones (excluding diaryl/α,β-unsaturated/α-hetero) is 1. The molecule has 2 aromatic carbocycles. The lowest BCUT2D eigenvalue weighted by atomic mass is 9.69. The van der Waals surface area contributed by atoms with Crippen LogP contribution >= 0.6 is 0 Å². The molecule has 1 saturated carbocycles. The number of methoxy groups -OCH3 is 2. The standard InChI is InChI=1S/C20H20O5/c1-24-18(22)20(15-11-7-4-8-12-15)16(14-9-5-3-6-10-14)13-19(23,25-2)17(20)21/h3-12,16,23H,13H2,1-2H3/t16-,19?,20+/m1/s1. The first kappa shape index (κ1) is 17.3. The van der Waals surface area contributed by atoms with Crippen LogP contribution in [-0.2, 0) is 24.5 Å². The van der Waals surface area contributed by atoms with Crippen LogP contribution in [0.2, 0.25) is 0 Å². The maximum atomic E-state index is 13.3. The SMILES string of the molecule is COC(=O)[C@]1(c2ccccc2)C(=O)C(O)(OC)C[C@@H]1c1ccccc1. The fourth-order valence-corrected chi connectivity index (χ4v) is 3.77. The van der Waals surface area contributed by atoms with Gasteiger partial charge >= 0.3 is 5.97 Å². The van der Waals surface area contributed by atoms with Crippen LogP contribution in [0.5, 0.6) is 0 Å². The van der Waals surface area contributed by atoms with Gasteiger partial charge in [0, 0.05) is 19.4 Å². The second-order valence-electron chi connectivity index (χ2n) is 6.15. The van der Waals surface area contributed by atoms with E-state index in [4.69, 9.17) is 9.47 Å². The summed E-state index contributed by atoms with van der Waals surface area (Å²) in [4.78, 5) is 26.2. The molecule has 1 aliphatic rings. The van der Waals surface area contributed by atoms with Crippen molar-refractivity contribution in [3.63, 3.8) is 0 Å². The zero-order valence-electron chi connectivity index (χ0n) is 14.1. The van der Waals surface area contributed by atoms with Crippen LogP contribution in [0.1, 0.15) is 23.5 Å². The monoisotopic (exact) mass is 340 g/mol. The van der Waals surface area contributed by atoms with Crippen molar-refractivity contribution < 1.29 is 24.2 Å². The van der Waals surface area contributed by atoms with Crippen molar-refractivity contribution >= 4 is 11.8 Å². The van der Waals surface area contributed by atoms with Crippen LogP contribution < -0.4 is 0 Å². The number of hydrogen-bond acceptors (Lipinski definition) is 5. The molecule has 1 unspecified atom stereocenters. The van der Waals surface area contributed by atoms with E-state index >= 15 is 0 Å². The van der Waals surface area contributed by atoms with Gasteiger partial charge in [0.1, 0.15) is 0 Å². The Bertz CT molecular complexity index is 773. The summed E-state index contributed by atoms with van der Waals surface area (Å²) in [5.41, 5.74) is -0.422. The highest BCUT2D eigenvalue weighted by Gasteiger charge is 2.68. The Morgan fingerprint density at radius 3 is 2.12 bits per heavy atom. The van der Waals surface area contributed by atoms with E-state index < -0.39 is 28.9 Å². The largest absolute Gasteiger partial charge is 0.468 e. The van der Waals surface area contributed by atoms with Crippen molar-refractivity contribution in [2.24, 2.45) is 0 Å². The third kappa shape index (κ3) is 2.47. The van der Waals surface area contributed by atoms with Crippen LogP contribution in [0, 0.1) is 0 Å². The molecule has 130 valence electrons. The van der Waals surface area contributed by atoms with E-state index in [-0.39, 0.29) is 6.42 Å². The maximum absolute atomic E-state index is 13.3. The van der Waals surface area contributed by atoms with Crippen molar-refractivity contribution in [3.05, 3.63) is 71.8 Å². The summed E-state index contributed by atoms with van der Waals surface area (Å²) in [6.07, 6.45) is -0.0314. The zero-order valence-corrected chi connectivity index (χ0v) is 14.1. The molecule has 0 radical (unpaired) electrons. The fraction of sp³-hybridized carbons (Fsp3) is 0.300. The molecule has 1 N–H and O–H groups in total. The van der Waals surface area contributed by atoms with Gasteiger partial charge < -0.3 is 14.6 Å². The Morgan fingerprint density at radius 1 is 1.04 bits per heavy atom. The van der Waals surface area contributed by atoms with E-state index in [1.54, 1.807) is 30.3 Å². The summed E-state index contributed by atoms with van der Waals surface area (Å²) in [7, 11) is 2.50. The van der Waals surface area contributed by atoms with Gasteiger partial charge in [0.25, 0.3) is 0 Å². The van der Waals surface area contributed by atoms with Crippen molar-refractivity contribution in [3.8, 4) is 0 Å². The van der Waals surface area contributed by atoms with E-state index in [9.17, 15) is 14.7 Å². The quantitative estimate of drug-likeness (QED) is 0.525. The number of hydrogen-bond donors (Lipinski definition) is 1. The number of aliphatic hydroxyl groups is 1. The molecule has 0 saturated heterocycles. The Kier molecular flexibility index (Phi) is 4.45. The highest BCUT2D eigenvalue weighted by Crippen LogP contribution is 2.53. The van der Waals surface area contributed by atoms with E-state index in [1.807, 2.05) is 30.3 Å². The van der Waals surface area contributed by atoms with Crippen LogP contribution in [0.15, 0.2) is 60.7 Å². The minimum atomic E-state index is -2.05. The molecule has 25 heavy (non-hydrogen) atoms. The molecule has 1 aliphatic carbocycles. The van der Waals surface area contributed by atoms with Gasteiger partial charge in [-0.05, 0) is 11.1 Å². The highest BCUT2D eigenvalue weighted by molar-refractivity contribution is 6.15. The molecule has 5 nitrogen and oxygen atoms in total. The molecule has 0 aromatic heterocycles. The predicted molar refractivity (Wildman–Crippen MR) is 90.9 cm³/mol. The van der Waals surface area contributed by atoms with E-state index in [0.717, 1.165) is 5.56 Å². The van der Waals surface area contributed by atoms with E-state index in [1.165, 1.54) is 14.2 Å². The third-order valence-electron chi connectivity index (χ3n) is 4.99. The summed E-state index contributed by atoms with van der Waals surface area (Å²) in [5, 5.41) is 10.8. The van der Waals surface area contributed by atoms with Crippen molar-refractivity contribution in [2.75, 3.05) is 14.2 Å². The molecular formula is C20H20O5. The summed E-state index contributed by atoms with van der Waals surface area (Å²) >= 11 is 0. The van der Waals surface area contributed by atoms with Gasteiger partial charge in [-0.15, -0.1) is 0 Å². The molecule has 3 atom stereocenters. The molecule has 0 spiro atoms. The summed E-state index contributed by atoms with van der Waals surface area (Å²) in [6, 6.07) is 17.9. The topological polar surface area (TPSA) is 72.8 Å². The summed E-state index contributed by atoms with van der Waals surface area (Å²) in [5.74, 6) is -4.06. The number of rotatable bonds is 4. The highest BCUT2D eigenvalue weighted by atomic mass is 16.6. The molecule has 3 rings (SSSR count). The second kappa shape index (κ2) is 6.43. The second-order valence-corrected chi connectivity index (χ2v) is 6.15. The van der Waals surface area contributed by atoms with Gasteiger partial charge in [0.05, 0.1) is 7.11 Å². The van der Waals surface area contributed by atoms with Gasteiger partial charge in [0.15, 0.2) is 5.41 Å². The lowest BCUT2D eigenvalue weighted by molar-refractivity contribution is -0.191. The number of carbonyl (C=O) groups is 2. The average Bonchev–Trinajstić information content (AvgIpc) is 2.92. The van der Waals surface area contributed by atoms with Crippen LogP contribution in [0.4, 0.5) is 0 Å². The van der Waals surface area contributed by atoms with Crippen LogP contribution in [0.3, 0.4) is 0 Å². The molecule has 0 bridgehead atoms. The molecule has 0 aliphatic heterocycles. The fourth-order valence-electron chi connectivity index (χ4n) is 3.77. The minimum Gasteiger partial charge on any atom is -0.468 e. The zero-order chi connectivity index (χ0) is 18.1. The van der Waals surface area contributed by atoms with Gasteiger partial charge in [-0.1, -0.05) is 60.7 Å². The molecule has 1 fully saturated rings. The predicted octanol–water partition coefficient (Wildman–Crippen LogP) is 2.19. The Hall–Kier alpha value is -2.50. The smallest absolute Gasteiger partial charge is 0.324 e. The van der Waals surface area contributed by atoms with Gasteiger partial charge in [-0.25, -0.2) is 0 Å². The van der Waals surface area contributed by atoms with Gasteiger partial charge in [-0.3, -0.25) is 9.59 Å². The summed E-state index contributed by atoms with van der Waals surface area (Å²) in [6.45, 7) is 0. The number of esters is 1. The Balaban J connectivity index is 2.31. The molecule has 0 heterocycles. The van der Waals surface area contributed by atoms with E-state index in [0.29, 0.717) is 5.56 Å². The molecular weight excluding hydrogens is 320 g/mol. The number of ketones is 1. The average molecular weight is 340 g/mol. The first-order valence-corrected chi connectivity index (χ1v) is 8.02. The van der Waals surface area contributed by atoms with Crippen molar-refractivity contribution in [1.82, 2.24) is 0 Å². The lowest BCUT2D eigenvalue weighted by Gasteiger charge is -2.31. The Morgan fingerprint density at radius 2 is 1.60 bits per heavy atom. The lowest BCUT2D eigenvalue weighted by Crippen LogP contribution is -2.50. The normalized spacial score (nSPS) is 28.8. The van der Waals surface area contributed by atoms with Crippen molar-refractivity contribution in [1.29, 1.82) is 0 Å². The maximum Gasteiger partial charge on any atom is 0.324 e. The number of carbonyl (C=O) groups excluding carboxylic acids is 2. The van der Waals surface area contributed by atoms with Gasteiger partial charge in [-0.2, -0.15) is 0 Å². The molecule has 0 amide bonds. The number of ether oxygens (including phenoxy) is 2. The minimum absolute atomic E-state index is 0.0314. The first-order valence-electron chi connectivity index (χ1n) is 8.02. The Labute approximate surface area is 146 Å². The molecule has 5 heteroatoms. The van der Waals surface area contributed by atoms with Crippen LogP contribution in [-0.4, -0.2) is 36.9 Å². The van der Waals surface area contributed by atoms with E-state index in [2.05, 4.69) is 0 Å². The summed E-state index contributed by atoms with van der Waals surface area (Å²) < 4.78 is 10.2. The van der Waals surface area contributed by atoms with Gasteiger partial charge in [0.2, 0.25) is 11.6 Å². The number of benzene rings is 2. The molecule has 2 aromatic rings.